The van der Waals surface area contributed by atoms with Crippen molar-refractivity contribution in [2.45, 2.75) is 0 Å². The van der Waals surface area contributed by atoms with Gasteiger partial charge in [-0.2, -0.15) is 9.78 Å². The van der Waals surface area contributed by atoms with Crippen molar-refractivity contribution >= 4 is 11.7 Å². The van der Waals surface area contributed by atoms with Crippen molar-refractivity contribution in [3.05, 3.63) is 52.4 Å². The summed E-state index contributed by atoms with van der Waals surface area (Å²) >= 11 is 0. The van der Waals surface area contributed by atoms with Gasteiger partial charge in [0.15, 0.2) is 5.69 Å². The molecular weight excluding hydrogens is 234 g/mol. The van der Waals surface area contributed by atoms with Crippen LogP contribution in [0.25, 0.3) is 5.69 Å². The van der Waals surface area contributed by atoms with E-state index in [4.69, 9.17) is 5.73 Å². The fourth-order valence-electron chi connectivity index (χ4n) is 1.46. The van der Waals surface area contributed by atoms with Gasteiger partial charge in [-0.15, -0.1) is 0 Å². The average molecular weight is 245 g/mol. The number of carbonyl (C=O) groups is 1. The van der Waals surface area contributed by atoms with Crippen molar-refractivity contribution in [3.63, 3.8) is 0 Å². The highest BCUT2D eigenvalue weighted by Crippen LogP contribution is 2.06. The summed E-state index contributed by atoms with van der Waals surface area (Å²) in [5.41, 5.74) is 5.54. The number of nitrogens with zero attached hydrogens (tertiary/aromatic N) is 2. The molecule has 2 aromatic rings. The molecule has 0 radical (unpaired) electrons. The number of hydrogen-bond acceptors (Lipinski definition) is 5. The van der Waals surface area contributed by atoms with Crippen LogP contribution < -0.4 is 11.3 Å². The summed E-state index contributed by atoms with van der Waals surface area (Å²) in [7, 11) is 1.23. The molecule has 6 heteroatoms. The number of benzene rings is 1. The minimum Gasteiger partial charge on any atom is -0.464 e. The van der Waals surface area contributed by atoms with Crippen LogP contribution in [0.5, 0.6) is 0 Å². The van der Waals surface area contributed by atoms with E-state index in [-0.39, 0.29) is 11.4 Å². The molecule has 2 N–H and O–H groups in total. The fourth-order valence-corrected chi connectivity index (χ4v) is 1.46. The van der Waals surface area contributed by atoms with E-state index in [0.717, 1.165) is 4.68 Å². The smallest absolute Gasteiger partial charge is 0.358 e. The van der Waals surface area contributed by atoms with E-state index in [0.29, 0.717) is 5.69 Å². The van der Waals surface area contributed by atoms with E-state index in [1.807, 2.05) is 6.07 Å². The summed E-state index contributed by atoms with van der Waals surface area (Å²) in [5.74, 6) is -0.647. The second kappa shape index (κ2) is 4.70. The van der Waals surface area contributed by atoms with Crippen LogP contribution in [0.15, 0.2) is 41.2 Å². The van der Waals surface area contributed by atoms with Crippen LogP contribution in [0, 0.1) is 0 Å². The Balaban J connectivity index is 2.64. The maximum Gasteiger partial charge on any atom is 0.358 e. The number of para-hydroxylation sites is 1. The Morgan fingerprint density at radius 3 is 2.61 bits per heavy atom. The van der Waals surface area contributed by atoms with Gasteiger partial charge in [0.25, 0.3) is 5.56 Å². The van der Waals surface area contributed by atoms with Gasteiger partial charge in [0.2, 0.25) is 0 Å². The summed E-state index contributed by atoms with van der Waals surface area (Å²) < 4.78 is 5.62. The molecule has 0 saturated heterocycles. The lowest BCUT2D eigenvalue weighted by Gasteiger charge is -2.07. The first kappa shape index (κ1) is 11.8. The summed E-state index contributed by atoms with van der Waals surface area (Å²) in [6.45, 7) is 0. The number of carbonyl (C=O) groups excluding carboxylic acids is 1. The van der Waals surface area contributed by atoms with Gasteiger partial charge in [-0.1, -0.05) is 18.2 Å². The van der Waals surface area contributed by atoms with Gasteiger partial charge in [-0.05, 0) is 12.1 Å². The zero-order chi connectivity index (χ0) is 13.1. The third kappa shape index (κ3) is 2.08. The number of hydrogen-bond donors (Lipinski definition) is 1. The van der Waals surface area contributed by atoms with E-state index in [1.165, 1.54) is 13.2 Å². The van der Waals surface area contributed by atoms with E-state index >= 15 is 0 Å². The minimum atomic E-state index is -0.647. The molecule has 0 atom stereocenters. The van der Waals surface area contributed by atoms with Gasteiger partial charge >= 0.3 is 5.97 Å². The van der Waals surface area contributed by atoms with Crippen molar-refractivity contribution in [1.29, 1.82) is 0 Å². The van der Waals surface area contributed by atoms with Crippen molar-refractivity contribution in [1.82, 2.24) is 9.78 Å². The predicted molar refractivity (Wildman–Crippen MR) is 65.6 cm³/mol. The number of esters is 1. The molecule has 1 aromatic carbocycles. The van der Waals surface area contributed by atoms with Crippen molar-refractivity contribution in [3.8, 4) is 5.69 Å². The van der Waals surface area contributed by atoms with Crippen LogP contribution >= 0.6 is 0 Å². The molecule has 1 heterocycles. The Bertz CT molecular complexity index is 635. The van der Waals surface area contributed by atoms with E-state index in [2.05, 4.69) is 9.84 Å². The van der Waals surface area contributed by atoms with E-state index in [9.17, 15) is 9.59 Å². The first-order valence-corrected chi connectivity index (χ1v) is 5.17. The van der Waals surface area contributed by atoms with Gasteiger partial charge in [-0.3, -0.25) is 4.79 Å². The quantitative estimate of drug-likeness (QED) is 0.783. The van der Waals surface area contributed by atoms with Crippen LogP contribution in [0.3, 0.4) is 0 Å². The summed E-state index contributed by atoms with van der Waals surface area (Å²) in [6.07, 6.45) is 0. The highest BCUT2D eigenvalue weighted by molar-refractivity contribution is 5.87. The molecular formula is C12H11N3O3. The van der Waals surface area contributed by atoms with E-state index in [1.54, 1.807) is 24.3 Å². The average Bonchev–Trinajstić information content (AvgIpc) is 2.41. The Labute approximate surface area is 103 Å². The maximum atomic E-state index is 11.9. The summed E-state index contributed by atoms with van der Waals surface area (Å²) in [6, 6.07) is 9.90. The Hall–Kier alpha value is -2.63. The molecule has 92 valence electrons. The number of aromatic nitrogens is 2. The number of nitrogen functional groups attached to an aromatic ring is 1. The number of methoxy groups -OCH3 is 1. The summed E-state index contributed by atoms with van der Waals surface area (Å²) in [5, 5.41) is 3.92. The van der Waals surface area contributed by atoms with Gasteiger partial charge < -0.3 is 10.5 Å². The van der Waals surface area contributed by atoms with Gasteiger partial charge in [-0.25, -0.2) is 4.79 Å². The molecule has 0 bridgehead atoms. The lowest BCUT2D eigenvalue weighted by molar-refractivity contribution is 0.0592. The molecule has 0 aliphatic heterocycles. The van der Waals surface area contributed by atoms with Crippen molar-refractivity contribution in [2.75, 3.05) is 12.8 Å². The van der Waals surface area contributed by atoms with E-state index < -0.39 is 11.5 Å². The summed E-state index contributed by atoms with van der Waals surface area (Å²) in [4.78, 5) is 23.3. The topological polar surface area (TPSA) is 87.2 Å². The molecule has 6 nitrogen and oxygen atoms in total. The lowest BCUT2D eigenvalue weighted by atomic mass is 10.3. The zero-order valence-electron chi connectivity index (χ0n) is 9.66. The van der Waals surface area contributed by atoms with Gasteiger partial charge in [0.05, 0.1) is 12.8 Å². The Morgan fingerprint density at radius 1 is 1.33 bits per heavy atom. The number of ether oxygens (including phenoxy) is 1. The third-order valence-corrected chi connectivity index (χ3v) is 2.33. The molecule has 1 aromatic heterocycles. The predicted octanol–water partition coefficient (Wildman–Crippen LogP) is 0.601. The molecule has 18 heavy (non-hydrogen) atoms. The lowest BCUT2D eigenvalue weighted by Crippen LogP contribution is -2.26. The van der Waals surface area contributed by atoms with Crippen molar-refractivity contribution < 1.29 is 9.53 Å². The number of anilines is 1. The van der Waals surface area contributed by atoms with Crippen LogP contribution in [0.1, 0.15) is 10.5 Å². The molecule has 0 spiro atoms. The van der Waals surface area contributed by atoms with Gasteiger partial charge in [0, 0.05) is 6.07 Å². The second-order valence-corrected chi connectivity index (χ2v) is 3.53. The number of rotatable bonds is 2. The molecule has 0 aliphatic rings. The van der Waals surface area contributed by atoms with Crippen LogP contribution in [-0.2, 0) is 4.74 Å². The third-order valence-electron chi connectivity index (χ3n) is 2.33. The molecule has 0 aliphatic carbocycles. The fraction of sp³-hybridized carbons (Fsp3) is 0.0833. The highest BCUT2D eigenvalue weighted by atomic mass is 16.5. The van der Waals surface area contributed by atoms with Crippen molar-refractivity contribution in [2.24, 2.45) is 0 Å². The molecule has 0 fully saturated rings. The molecule has 0 amide bonds. The highest BCUT2D eigenvalue weighted by Gasteiger charge is 2.13. The normalized spacial score (nSPS) is 10.1. The monoisotopic (exact) mass is 245 g/mol. The largest absolute Gasteiger partial charge is 0.464 e. The second-order valence-electron chi connectivity index (χ2n) is 3.53. The van der Waals surface area contributed by atoms with Crippen LogP contribution in [-0.4, -0.2) is 22.9 Å². The first-order chi connectivity index (χ1) is 8.63. The Morgan fingerprint density at radius 2 is 2.00 bits per heavy atom. The number of nitrogens with two attached hydrogens (primary N) is 1. The van der Waals surface area contributed by atoms with Crippen LogP contribution in [0.2, 0.25) is 0 Å². The molecule has 2 rings (SSSR count). The maximum absolute atomic E-state index is 11.9. The zero-order valence-corrected chi connectivity index (χ0v) is 9.66. The SMILES string of the molecule is COC(=O)c1cc(N)c(=O)n(-c2ccccc2)n1. The van der Waals surface area contributed by atoms with Crippen LogP contribution in [0.4, 0.5) is 5.69 Å². The molecule has 0 unspecified atom stereocenters. The Kier molecular flexibility index (Phi) is 3.09. The molecule has 0 saturated carbocycles. The first-order valence-electron chi connectivity index (χ1n) is 5.17. The standard InChI is InChI=1S/C12H11N3O3/c1-18-12(17)10-7-9(13)11(16)15(14-10)8-5-3-2-4-6-8/h2-7H,13H2,1H3. The van der Waals surface area contributed by atoms with Gasteiger partial charge in [0.1, 0.15) is 5.69 Å². The minimum absolute atomic E-state index is 0.0153.